The van der Waals surface area contributed by atoms with Gasteiger partial charge in [-0.05, 0) is 88.6 Å². The Labute approximate surface area is 229 Å². The first-order chi connectivity index (χ1) is 19.0. The Kier molecular flexibility index (Phi) is 4.91. The van der Waals surface area contributed by atoms with Gasteiger partial charge in [-0.3, -0.25) is 14.4 Å². The number of fused-ring (bicyclic) bond motifs is 4. The molecule has 2 aliphatic heterocycles. The molecule has 39 heavy (non-hydrogen) atoms. The molecule has 8 nitrogen and oxygen atoms in total. The molecule has 0 bridgehead atoms. The molecule has 2 aliphatic carbocycles. The standard InChI is InChI=1S/C30H24ClN7O/c1-16-2-3-18-9-19(5-4-17(18)8-16)25-10-20(14-32-25)29-22-12-23(22)30-34-26(13-28(39)38(29)30)24-11-21(31)6-7-27(24)37-15-33-35-36-37/h4-7,9,11,13-15,22-23,29H,1-3,8,10,12H2. The van der Waals surface area contributed by atoms with Gasteiger partial charge < -0.3 is 0 Å². The zero-order valence-corrected chi connectivity index (χ0v) is 21.8. The Balaban J connectivity index is 1.11. The summed E-state index contributed by atoms with van der Waals surface area (Å²) in [6.07, 6.45) is 8.36. The van der Waals surface area contributed by atoms with Crippen molar-refractivity contribution in [2.75, 3.05) is 0 Å². The van der Waals surface area contributed by atoms with Crippen LogP contribution in [-0.4, -0.2) is 35.5 Å². The molecule has 0 N–H and O–H groups in total. The second-order valence-corrected chi connectivity index (χ2v) is 11.4. The van der Waals surface area contributed by atoms with Gasteiger partial charge >= 0.3 is 0 Å². The first-order valence-corrected chi connectivity index (χ1v) is 13.6. The molecule has 0 radical (unpaired) electrons. The van der Waals surface area contributed by atoms with Crippen LogP contribution in [-0.2, 0) is 12.8 Å². The third-order valence-corrected chi connectivity index (χ3v) is 8.77. The number of hydrogen-bond donors (Lipinski definition) is 0. The van der Waals surface area contributed by atoms with Crippen molar-refractivity contribution >= 4 is 17.3 Å². The van der Waals surface area contributed by atoms with Gasteiger partial charge in [-0.25, -0.2) is 4.98 Å². The number of tetrazole rings is 1. The fourth-order valence-corrected chi connectivity index (χ4v) is 6.72. The molecule has 4 aliphatic rings. The average molecular weight is 534 g/mol. The Morgan fingerprint density at radius 2 is 1.95 bits per heavy atom. The molecule has 3 atom stereocenters. The van der Waals surface area contributed by atoms with Crippen LogP contribution in [0, 0.1) is 5.92 Å². The Morgan fingerprint density at radius 3 is 2.82 bits per heavy atom. The summed E-state index contributed by atoms with van der Waals surface area (Å²) < 4.78 is 3.45. The van der Waals surface area contributed by atoms with E-state index >= 15 is 0 Å². The molecule has 2 aromatic heterocycles. The quantitative estimate of drug-likeness (QED) is 0.344. The van der Waals surface area contributed by atoms with Crippen LogP contribution in [0.4, 0.5) is 0 Å². The maximum Gasteiger partial charge on any atom is 0.254 e. The van der Waals surface area contributed by atoms with Crippen molar-refractivity contribution in [3.05, 3.63) is 111 Å². The third-order valence-electron chi connectivity index (χ3n) is 8.53. The van der Waals surface area contributed by atoms with Crippen LogP contribution in [0.25, 0.3) is 16.9 Å². The molecule has 9 heteroatoms. The molecule has 3 unspecified atom stereocenters. The predicted molar refractivity (Wildman–Crippen MR) is 148 cm³/mol. The first-order valence-electron chi connectivity index (χ1n) is 13.2. The molecule has 4 heterocycles. The van der Waals surface area contributed by atoms with Crippen LogP contribution < -0.4 is 5.56 Å². The zero-order chi connectivity index (χ0) is 26.2. The van der Waals surface area contributed by atoms with E-state index in [9.17, 15) is 4.79 Å². The fourth-order valence-electron chi connectivity index (χ4n) is 6.55. The van der Waals surface area contributed by atoms with Crippen LogP contribution in [0.3, 0.4) is 0 Å². The van der Waals surface area contributed by atoms with Gasteiger partial charge in [0.1, 0.15) is 12.2 Å². The fraction of sp³-hybridized carbons (Fsp3) is 0.267. The summed E-state index contributed by atoms with van der Waals surface area (Å²) in [6, 6.07) is 13.7. The van der Waals surface area contributed by atoms with E-state index in [-0.39, 0.29) is 17.5 Å². The molecule has 0 spiro atoms. The molecule has 8 rings (SSSR count). The van der Waals surface area contributed by atoms with Gasteiger partial charge in [-0.15, -0.1) is 5.10 Å². The van der Waals surface area contributed by atoms with E-state index in [4.69, 9.17) is 21.6 Å². The highest BCUT2D eigenvalue weighted by Crippen LogP contribution is 2.61. The van der Waals surface area contributed by atoms with Gasteiger partial charge in [-0.2, -0.15) is 4.68 Å². The molecular formula is C30H24ClN7O. The van der Waals surface area contributed by atoms with Crippen molar-refractivity contribution in [1.82, 2.24) is 29.8 Å². The second kappa shape index (κ2) is 8.41. The van der Waals surface area contributed by atoms with Gasteiger partial charge in [0.05, 0.1) is 23.1 Å². The van der Waals surface area contributed by atoms with E-state index in [2.05, 4.69) is 40.3 Å². The number of nitrogens with zero attached hydrogens (tertiary/aromatic N) is 7. The predicted octanol–water partition coefficient (Wildman–Crippen LogP) is 5.02. The van der Waals surface area contributed by atoms with Crippen LogP contribution >= 0.6 is 11.6 Å². The highest BCUT2D eigenvalue weighted by atomic mass is 35.5. The molecule has 1 saturated carbocycles. The summed E-state index contributed by atoms with van der Waals surface area (Å²) in [4.78, 5) is 23.5. The summed E-state index contributed by atoms with van der Waals surface area (Å²) in [5.41, 5.74) is 9.49. The molecule has 2 aromatic carbocycles. The molecule has 192 valence electrons. The summed E-state index contributed by atoms with van der Waals surface area (Å²) in [5.74, 6) is 1.51. The summed E-state index contributed by atoms with van der Waals surface area (Å²) in [5, 5.41) is 12.1. The molecule has 0 saturated heterocycles. The number of aryl methyl sites for hydroxylation is 1. The van der Waals surface area contributed by atoms with Crippen molar-refractivity contribution < 1.29 is 0 Å². The maximum absolute atomic E-state index is 13.6. The van der Waals surface area contributed by atoms with Crippen LogP contribution in [0.5, 0.6) is 0 Å². The summed E-state index contributed by atoms with van der Waals surface area (Å²) >= 11 is 6.34. The lowest BCUT2D eigenvalue weighted by molar-refractivity contribution is 0.519. The number of benzene rings is 2. The number of allylic oxidation sites excluding steroid dienone is 2. The largest absolute Gasteiger partial charge is 0.289 e. The zero-order valence-electron chi connectivity index (χ0n) is 21.1. The van der Waals surface area contributed by atoms with Crippen molar-refractivity contribution in [2.24, 2.45) is 10.9 Å². The van der Waals surface area contributed by atoms with E-state index in [1.165, 1.54) is 34.2 Å². The minimum atomic E-state index is -0.0572. The van der Waals surface area contributed by atoms with Crippen LogP contribution in [0.1, 0.15) is 53.7 Å². The lowest BCUT2D eigenvalue weighted by atomic mass is 9.86. The number of aromatic nitrogens is 6. The maximum atomic E-state index is 13.6. The number of rotatable bonds is 4. The summed E-state index contributed by atoms with van der Waals surface area (Å²) in [7, 11) is 0. The normalized spacial score (nSPS) is 22.7. The van der Waals surface area contributed by atoms with E-state index in [1.54, 1.807) is 16.8 Å². The number of halogens is 1. The van der Waals surface area contributed by atoms with E-state index in [0.29, 0.717) is 22.3 Å². The summed E-state index contributed by atoms with van der Waals surface area (Å²) in [6.45, 7) is 4.17. The highest BCUT2D eigenvalue weighted by Gasteiger charge is 2.55. The van der Waals surface area contributed by atoms with Crippen molar-refractivity contribution in [3.8, 4) is 16.9 Å². The van der Waals surface area contributed by atoms with E-state index < -0.39 is 0 Å². The Bertz CT molecular complexity index is 1820. The average Bonchev–Trinajstić information content (AvgIpc) is 3.28. The highest BCUT2D eigenvalue weighted by molar-refractivity contribution is 6.31. The lowest BCUT2D eigenvalue weighted by Crippen LogP contribution is -2.27. The molecule has 0 amide bonds. The van der Waals surface area contributed by atoms with Gasteiger partial charge in [0, 0.05) is 35.2 Å². The molecule has 4 aromatic rings. The van der Waals surface area contributed by atoms with Gasteiger partial charge in [-0.1, -0.05) is 35.9 Å². The molecular weight excluding hydrogens is 510 g/mol. The smallest absolute Gasteiger partial charge is 0.254 e. The number of hydrogen-bond acceptors (Lipinski definition) is 6. The van der Waals surface area contributed by atoms with Crippen LogP contribution in [0.2, 0.25) is 5.02 Å². The van der Waals surface area contributed by atoms with Crippen molar-refractivity contribution in [3.63, 3.8) is 0 Å². The topological polar surface area (TPSA) is 90.8 Å². The van der Waals surface area contributed by atoms with Gasteiger partial charge in [0.25, 0.3) is 5.56 Å². The first kappa shape index (κ1) is 22.8. The minimum Gasteiger partial charge on any atom is -0.289 e. The molecule has 1 fully saturated rings. The minimum absolute atomic E-state index is 0.000372. The van der Waals surface area contributed by atoms with Gasteiger partial charge in [0.2, 0.25) is 0 Å². The van der Waals surface area contributed by atoms with Crippen LogP contribution in [0.15, 0.2) is 82.5 Å². The SMILES string of the molecule is C=C1CCc2cc(C3=NC=C(C4C5CC5c5nc(-c6cc(Cl)ccc6-n6cnnn6)cc(=O)n54)C3)ccc2C1. The van der Waals surface area contributed by atoms with E-state index in [1.807, 2.05) is 22.9 Å². The Hall–Kier alpha value is -4.17. The Morgan fingerprint density at radius 1 is 1.03 bits per heavy atom. The van der Waals surface area contributed by atoms with Crippen molar-refractivity contribution in [1.29, 1.82) is 0 Å². The monoisotopic (exact) mass is 533 g/mol. The van der Waals surface area contributed by atoms with Gasteiger partial charge in [0.15, 0.2) is 0 Å². The van der Waals surface area contributed by atoms with Crippen molar-refractivity contribution in [2.45, 2.75) is 44.1 Å². The van der Waals surface area contributed by atoms with E-state index in [0.717, 1.165) is 49.2 Å². The lowest BCUT2D eigenvalue weighted by Gasteiger charge is -2.20. The third kappa shape index (κ3) is 3.66. The second-order valence-electron chi connectivity index (χ2n) is 10.9. The number of aliphatic imine (C=N–C) groups is 1.